The molecule has 0 amide bonds. The van der Waals surface area contributed by atoms with E-state index >= 15 is 0 Å². The second-order valence-corrected chi connectivity index (χ2v) is 5.00. The van der Waals surface area contributed by atoms with E-state index in [2.05, 4.69) is 12.2 Å². The first-order valence-corrected chi connectivity index (χ1v) is 6.25. The van der Waals surface area contributed by atoms with Gasteiger partial charge in [-0.25, -0.2) is 4.79 Å². The summed E-state index contributed by atoms with van der Waals surface area (Å²) in [4.78, 5) is 10.9. The first-order chi connectivity index (χ1) is 8.15. The molecule has 2 unspecified atom stereocenters. The van der Waals surface area contributed by atoms with Crippen LogP contribution in [-0.2, 0) is 0 Å². The molecule has 3 nitrogen and oxygen atoms in total. The van der Waals surface area contributed by atoms with Crippen molar-refractivity contribution in [2.24, 2.45) is 5.92 Å². The van der Waals surface area contributed by atoms with E-state index < -0.39 is 5.97 Å². The van der Waals surface area contributed by atoms with Gasteiger partial charge in [0.05, 0.1) is 5.56 Å². The monoisotopic (exact) mass is 233 g/mol. The molecular formula is C14H19NO2. The van der Waals surface area contributed by atoms with Gasteiger partial charge in [-0.15, -0.1) is 0 Å². The Labute approximate surface area is 102 Å². The van der Waals surface area contributed by atoms with Gasteiger partial charge in [-0.2, -0.15) is 0 Å². The quantitative estimate of drug-likeness (QED) is 0.841. The highest BCUT2D eigenvalue weighted by Crippen LogP contribution is 2.26. The third-order valence-corrected chi connectivity index (χ3v) is 3.42. The summed E-state index contributed by atoms with van der Waals surface area (Å²) in [6.45, 7) is 2.28. The fourth-order valence-electron chi connectivity index (χ4n) is 2.54. The van der Waals surface area contributed by atoms with Crippen molar-refractivity contribution in [3.8, 4) is 0 Å². The number of aromatic carboxylic acids is 1. The van der Waals surface area contributed by atoms with E-state index in [4.69, 9.17) is 5.11 Å². The maximum atomic E-state index is 10.9. The number of benzene rings is 1. The maximum absolute atomic E-state index is 10.9. The van der Waals surface area contributed by atoms with E-state index in [0.717, 1.165) is 11.6 Å². The minimum absolute atomic E-state index is 0.346. The van der Waals surface area contributed by atoms with Crippen LogP contribution in [0.1, 0.15) is 43.0 Å². The van der Waals surface area contributed by atoms with Gasteiger partial charge in [-0.3, -0.25) is 0 Å². The third kappa shape index (κ3) is 3.22. The zero-order valence-electron chi connectivity index (χ0n) is 10.1. The van der Waals surface area contributed by atoms with Crippen LogP contribution in [-0.4, -0.2) is 17.1 Å². The molecule has 2 atom stereocenters. The summed E-state index contributed by atoms with van der Waals surface area (Å²) in [5.74, 6) is -0.102. The SMILES string of the molecule is CC1CCCC(Nc2cccc(C(=O)O)c2)C1. The molecule has 17 heavy (non-hydrogen) atoms. The summed E-state index contributed by atoms with van der Waals surface area (Å²) in [6, 6.07) is 7.55. The third-order valence-electron chi connectivity index (χ3n) is 3.42. The highest BCUT2D eigenvalue weighted by Gasteiger charge is 2.18. The van der Waals surface area contributed by atoms with E-state index in [0.29, 0.717) is 11.6 Å². The minimum Gasteiger partial charge on any atom is -0.478 e. The molecular weight excluding hydrogens is 214 g/mol. The predicted octanol–water partition coefficient (Wildman–Crippen LogP) is 3.38. The molecule has 0 radical (unpaired) electrons. The van der Waals surface area contributed by atoms with E-state index in [9.17, 15) is 4.79 Å². The lowest BCUT2D eigenvalue weighted by Crippen LogP contribution is -2.26. The number of nitrogens with one attached hydrogen (secondary N) is 1. The molecule has 1 aliphatic carbocycles. The standard InChI is InChI=1S/C14H19NO2/c1-10-4-2-6-12(8-10)15-13-7-3-5-11(9-13)14(16)17/h3,5,7,9-10,12,15H,2,4,6,8H2,1H3,(H,16,17). The number of rotatable bonds is 3. The molecule has 0 saturated heterocycles. The van der Waals surface area contributed by atoms with Crippen molar-refractivity contribution >= 4 is 11.7 Å². The summed E-state index contributed by atoms with van der Waals surface area (Å²) in [6.07, 6.45) is 4.93. The topological polar surface area (TPSA) is 49.3 Å². The Balaban J connectivity index is 2.02. The molecule has 2 N–H and O–H groups in total. The highest BCUT2D eigenvalue weighted by molar-refractivity contribution is 5.88. The Kier molecular flexibility index (Phi) is 3.67. The van der Waals surface area contributed by atoms with Crippen LogP contribution in [0.5, 0.6) is 0 Å². The van der Waals surface area contributed by atoms with Crippen molar-refractivity contribution in [3.05, 3.63) is 29.8 Å². The largest absolute Gasteiger partial charge is 0.478 e. The fourth-order valence-corrected chi connectivity index (χ4v) is 2.54. The number of hydrogen-bond acceptors (Lipinski definition) is 2. The molecule has 1 aliphatic rings. The van der Waals surface area contributed by atoms with Crippen LogP contribution in [0.25, 0.3) is 0 Å². The van der Waals surface area contributed by atoms with Gasteiger partial charge >= 0.3 is 5.97 Å². The van der Waals surface area contributed by atoms with E-state index in [-0.39, 0.29) is 0 Å². The molecule has 1 fully saturated rings. The first kappa shape index (κ1) is 12.0. The average Bonchev–Trinajstić information content (AvgIpc) is 2.29. The summed E-state index contributed by atoms with van der Waals surface area (Å²) < 4.78 is 0. The Bertz CT molecular complexity index is 403. The van der Waals surface area contributed by atoms with Gasteiger partial charge in [0.2, 0.25) is 0 Å². The van der Waals surface area contributed by atoms with Gasteiger partial charge < -0.3 is 10.4 Å². The van der Waals surface area contributed by atoms with E-state index in [1.165, 1.54) is 25.7 Å². The van der Waals surface area contributed by atoms with Gasteiger partial charge in [0.15, 0.2) is 0 Å². The molecule has 1 aromatic carbocycles. The number of carboxylic acids is 1. The first-order valence-electron chi connectivity index (χ1n) is 6.25. The summed E-state index contributed by atoms with van der Waals surface area (Å²) in [7, 11) is 0. The van der Waals surface area contributed by atoms with Gasteiger partial charge in [-0.05, 0) is 37.0 Å². The molecule has 0 aliphatic heterocycles. The molecule has 3 heteroatoms. The minimum atomic E-state index is -0.870. The van der Waals surface area contributed by atoms with Crippen LogP contribution >= 0.6 is 0 Å². The van der Waals surface area contributed by atoms with Crippen molar-refractivity contribution in [1.82, 2.24) is 0 Å². The lowest BCUT2D eigenvalue weighted by molar-refractivity contribution is 0.0697. The molecule has 0 heterocycles. The van der Waals surface area contributed by atoms with Gasteiger partial charge in [-0.1, -0.05) is 25.8 Å². The smallest absolute Gasteiger partial charge is 0.335 e. The molecule has 2 rings (SSSR count). The van der Waals surface area contributed by atoms with Crippen LogP contribution in [0.15, 0.2) is 24.3 Å². The molecule has 0 aromatic heterocycles. The van der Waals surface area contributed by atoms with E-state index in [1.807, 2.05) is 6.07 Å². The van der Waals surface area contributed by atoms with Gasteiger partial charge in [0.25, 0.3) is 0 Å². The fraction of sp³-hybridized carbons (Fsp3) is 0.500. The number of carbonyl (C=O) groups is 1. The number of carboxylic acid groups (broad SMARTS) is 1. The zero-order valence-corrected chi connectivity index (χ0v) is 10.1. The van der Waals surface area contributed by atoms with Crippen LogP contribution in [0, 0.1) is 5.92 Å². The van der Waals surface area contributed by atoms with Crippen molar-refractivity contribution in [2.75, 3.05) is 5.32 Å². The molecule has 1 aromatic rings. The molecule has 0 bridgehead atoms. The molecule has 1 saturated carbocycles. The average molecular weight is 233 g/mol. The Morgan fingerprint density at radius 2 is 2.24 bits per heavy atom. The predicted molar refractivity (Wildman–Crippen MR) is 68.4 cm³/mol. The van der Waals surface area contributed by atoms with Crippen LogP contribution in [0.3, 0.4) is 0 Å². The molecule has 0 spiro atoms. The van der Waals surface area contributed by atoms with Gasteiger partial charge in [0.1, 0.15) is 0 Å². The second-order valence-electron chi connectivity index (χ2n) is 5.00. The summed E-state index contributed by atoms with van der Waals surface area (Å²) >= 11 is 0. The molecule has 92 valence electrons. The van der Waals surface area contributed by atoms with Gasteiger partial charge in [0, 0.05) is 11.7 Å². The van der Waals surface area contributed by atoms with Crippen molar-refractivity contribution in [1.29, 1.82) is 0 Å². The highest BCUT2D eigenvalue weighted by atomic mass is 16.4. The van der Waals surface area contributed by atoms with E-state index in [1.54, 1.807) is 18.2 Å². The van der Waals surface area contributed by atoms with Crippen molar-refractivity contribution in [2.45, 2.75) is 38.6 Å². The summed E-state index contributed by atoms with van der Waals surface area (Å²) in [5.41, 5.74) is 1.27. The maximum Gasteiger partial charge on any atom is 0.335 e. The number of anilines is 1. The Morgan fingerprint density at radius 3 is 2.94 bits per heavy atom. The second kappa shape index (κ2) is 5.21. The lowest BCUT2D eigenvalue weighted by atomic mass is 9.87. The Hall–Kier alpha value is -1.51. The van der Waals surface area contributed by atoms with Crippen LogP contribution in [0.4, 0.5) is 5.69 Å². The zero-order chi connectivity index (χ0) is 12.3. The summed E-state index contributed by atoms with van der Waals surface area (Å²) in [5, 5.41) is 12.4. The Morgan fingerprint density at radius 1 is 1.41 bits per heavy atom. The van der Waals surface area contributed by atoms with Crippen LogP contribution < -0.4 is 5.32 Å². The number of hydrogen-bond donors (Lipinski definition) is 2. The van der Waals surface area contributed by atoms with Crippen LogP contribution in [0.2, 0.25) is 0 Å². The van der Waals surface area contributed by atoms with Crippen molar-refractivity contribution < 1.29 is 9.90 Å². The van der Waals surface area contributed by atoms with Crippen molar-refractivity contribution in [3.63, 3.8) is 0 Å². The lowest BCUT2D eigenvalue weighted by Gasteiger charge is -2.28. The normalized spacial score (nSPS) is 24.3.